The van der Waals surface area contributed by atoms with E-state index in [-0.39, 0.29) is 0 Å². The Labute approximate surface area is 87.1 Å². The zero-order valence-corrected chi connectivity index (χ0v) is 9.78. The lowest BCUT2D eigenvalue weighted by atomic mass is 10.2. The number of nitrogen functional groups attached to an aromatic ring is 1. The molecule has 0 spiro atoms. The maximum Gasteiger partial charge on any atom is 0.203 e. The quantitative estimate of drug-likeness (QED) is 0.841. The fourth-order valence-electron chi connectivity index (χ4n) is 0.720. The van der Waals surface area contributed by atoms with Crippen molar-refractivity contribution in [3.05, 3.63) is 5.01 Å². The van der Waals surface area contributed by atoms with Crippen LogP contribution in [0.15, 0.2) is 0 Å². The molecule has 0 aliphatic heterocycles. The van der Waals surface area contributed by atoms with Gasteiger partial charge >= 0.3 is 0 Å². The molecule has 0 aromatic carbocycles. The number of nitrogens with zero attached hydrogens (tertiary/aromatic N) is 2. The van der Waals surface area contributed by atoms with E-state index in [4.69, 9.17) is 5.73 Å². The fourth-order valence-corrected chi connectivity index (χ4v) is 2.41. The van der Waals surface area contributed by atoms with Crippen molar-refractivity contribution in [1.82, 2.24) is 10.2 Å². The highest BCUT2D eigenvalue weighted by Gasteiger charge is 2.09. The Balaban J connectivity index is 2.35. The Kier molecular flexibility index (Phi) is 3.99. The Bertz CT molecular complexity index is 260. The zero-order valence-electron chi connectivity index (χ0n) is 8.15. The first-order chi connectivity index (χ1) is 6.09. The Morgan fingerprint density at radius 1 is 1.38 bits per heavy atom. The molecule has 1 aromatic heterocycles. The molecular weight excluding hydrogens is 202 g/mol. The third kappa shape index (κ3) is 3.52. The van der Waals surface area contributed by atoms with E-state index in [2.05, 4.69) is 31.0 Å². The van der Waals surface area contributed by atoms with Crippen LogP contribution in [-0.2, 0) is 5.75 Å². The molecule has 1 heterocycles. The molecule has 2 N–H and O–H groups in total. The van der Waals surface area contributed by atoms with Crippen LogP contribution in [0.1, 0.15) is 25.8 Å². The van der Waals surface area contributed by atoms with Crippen LogP contribution in [0.2, 0.25) is 0 Å². The van der Waals surface area contributed by atoms with Crippen LogP contribution in [0.25, 0.3) is 0 Å². The molecule has 13 heavy (non-hydrogen) atoms. The Hall–Kier alpha value is -0.290. The van der Waals surface area contributed by atoms with Gasteiger partial charge in [0.2, 0.25) is 5.13 Å². The van der Waals surface area contributed by atoms with E-state index in [1.165, 1.54) is 11.3 Å². The minimum atomic E-state index is 0.563. The molecule has 0 saturated carbocycles. The van der Waals surface area contributed by atoms with Gasteiger partial charge in [-0.3, -0.25) is 0 Å². The van der Waals surface area contributed by atoms with Crippen molar-refractivity contribution in [2.75, 3.05) is 5.73 Å². The first-order valence-corrected chi connectivity index (χ1v) is 6.15. The van der Waals surface area contributed by atoms with Crippen molar-refractivity contribution >= 4 is 28.2 Å². The molecule has 74 valence electrons. The number of rotatable bonds is 4. The Morgan fingerprint density at radius 2 is 2.08 bits per heavy atom. The first-order valence-electron chi connectivity index (χ1n) is 4.29. The normalized spacial score (nSPS) is 13.5. The SMILES string of the molecule is CC(C)C(C)SCc1nnc(N)s1. The highest BCUT2D eigenvalue weighted by Crippen LogP contribution is 2.24. The van der Waals surface area contributed by atoms with E-state index in [0.717, 1.165) is 10.8 Å². The molecule has 1 aromatic rings. The summed E-state index contributed by atoms with van der Waals surface area (Å²) in [7, 11) is 0. The summed E-state index contributed by atoms with van der Waals surface area (Å²) in [6, 6.07) is 0. The van der Waals surface area contributed by atoms with Gasteiger partial charge in [-0.25, -0.2) is 0 Å². The van der Waals surface area contributed by atoms with Crippen LogP contribution in [-0.4, -0.2) is 15.4 Å². The lowest BCUT2D eigenvalue weighted by Crippen LogP contribution is -2.05. The number of hydrogen-bond donors (Lipinski definition) is 1. The summed E-state index contributed by atoms with van der Waals surface area (Å²) >= 11 is 3.38. The maximum atomic E-state index is 5.48. The number of hydrogen-bond acceptors (Lipinski definition) is 5. The lowest BCUT2D eigenvalue weighted by Gasteiger charge is -2.13. The standard InChI is InChI=1S/C8H15N3S2/c1-5(2)6(3)12-4-7-10-11-8(9)13-7/h5-6H,4H2,1-3H3,(H2,9,11). The lowest BCUT2D eigenvalue weighted by molar-refractivity contribution is 0.642. The zero-order chi connectivity index (χ0) is 9.84. The average Bonchev–Trinajstić information content (AvgIpc) is 2.47. The van der Waals surface area contributed by atoms with E-state index in [1.54, 1.807) is 0 Å². The minimum Gasteiger partial charge on any atom is -0.374 e. The highest BCUT2D eigenvalue weighted by atomic mass is 32.2. The van der Waals surface area contributed by atoms with Gasteiger partial charge in [0, 0.05) is 11.0 Å². The largest absolute Gasteiger partial charge is 0.374 e. The molecular formula is C8H15N3S2. The molecule has 0 amide bonds. The molecule has 0 fully saturated rings. The van der Waals surface area contributed by atoms with Crippen molar-refractivity contribution in [3.63, 3.8) is 0 Å². The van der Waals surface area contributed by atoms with Crippen molar-refractivity contribution in [2.45, 2.75) is 31.8 Å². The van der Waals surface area contributed by atoms with Crippen LogP contribution in [0.4, 0.5) is 5.13 Å². The summed E-state index contributed by atoms with van der Waals surface area (Å²) in [6.07, 6.45) is 0. The molecule has 0 aliphatic rings. The van der Waals surface area contributed by atoms with E-state index >= 15 is 0 Å². The van der Waals surface area contributed by atoms with Gasteiger partial charge in [-0.15, -0.1) is 10.2 Å². The first kappa shape index (κ1) is 10.8. The van der Waals surface area contributed by atoms with Crippen LogP contribution in [0.3, 0.4) is 0 Å². The van der Waals surface area contributed by atoms with Gasteiger partial charge in [0.1, 0.15) is 5.01 Å². The highest BCUT2D eigenvalue weighted by molar-refractivity contribution is 7.99. The molecule has 1 unspecified atom stereocenters. The Morgan fingerprint density at radius 3 is 2.54 bits per heavy atom. The molecule has 0 aliphatic carbocycles. The summed E-state index contributed by atoms with van der Waals surface area (Å²) in [5.41, 5.74) is 5.48. The third-order valence-corrected chi connectivity index (χ3v) is 4.34. The summed E-state index contributed by atoms with van der Waals surface area (Å²) in [4.78, 5) is 0. The van der Waals surface area contributed by atoms with Crippen molar-refractivity contribution in [1.29, 1.82) is 0 Å². The monoisotopic (exact) mass is 217 g/mol. The van der Waals surface area contributed by atoms with Crippen LogP contribution < -0.4 is 5.73 Å². The van der Waals surface area contributed by atoms with Gasteiger partial charge in [0.25, 0.3) is 0 Å². The predicted octanol–water partition coefficient (Wildman–Crippen LogP) is 2.40. The van der Waals surface area contributed by atoms with Gasteiger partial charge in [0.15, 0.2) is 0 Å². The van der Waals surface area contributed by atoms with Crippen molar-refractivity contribution in [2.24, 2.45) is 5.92 Å². The second-order valence-corrected chi connectivity index (χ2v) is 5.75. The van der Waals surface area contributed by atoms with Crippen molar-refractivity contribution < 1.29 is 0 Å². The molecule has 1 rings (SSSR count). The van der Waals surface area contributed by atoms with Gasteiger partial charge in [-0.2, -0.15) is 11.8 Å². The van der Waals surface area contributed by atoms with E-state index in [1.807, 2.05) is 11.8 Å². The number of nitrogens with two attached hydrogens (primary N) is 1. The number of aromatic nitrogens is 2. The fraction of sp³-hybridized carbons (Fsp3) is 0.750. The van der Waals surface area contributed by atoms with Crippen LogP contribution >= 0.6 is 23.1 Å². The second-order valence-electron chi connectivity index (χ2n) is 3.29. The molecule has 3 nitrogen and oxygen atoms in total. The summed E-state index contributed by atoms with van der Waals surface area (Å²) in [6.45, 7) is 6.69. The summed E-state index contributed by atoms with van der Waals surface area (Å²) < 4.78 is 0. The number of thioether (sulfide) groups is 1. The molecule has 5 heteroatoms. The van der Waals surface area contributed by atoms with Gasteiger partial charge < -0.3 is 5.73 Å². The van der Waals surface area contributed by atoms with Gasteiger partial charge in [-0.05, 0) is 5.92 Å². The smallest absolute Gasteiger partial charge is 0.203 e. The summed E-state index contributed by atoms with van der Waals surface area (Å²) in [5.74, 6) is 1.63. The van der Waals surface area contributed by atoms with Crippen LogP contribution in [0.5, 0.6) is 0 Å². The molecule has 0 radical (unpaired) electrons. The summed E-state index contributed by atoms with van der Waals surface area (Å²) in [5, 5.41) is 9.99. The van der Waals surface area contributed by atoms with Crippen molar-refractivity contribution in [3.8, 4) is 0 Å². The molecule has 0 bridgehead atoms. The van der Waals surface area contributed by atoms with E-state index in [0.29, 0.717) is 16.3 Å². The third-order valence-electron chi connectivity index (χ3n) is 1.89. The van der Waals surface area contributed by atoms with Gasteiger partial charge in [0.05, 0.1) is 0 Å². The average molecular weight is 217 g/mol. The van der Waals surface area contributed by atoms with E-state index < -0.39 is 0 Å². The van der Waals surface area contributed by atoms with Gasteiger partial charge in [-0.1, -0.05) is 32.1 Å². The predicted molar refractivity (Wildman–Crippen MR) is 59.9 cm³/mol. The topological polar surface area (TPSA) is 51.8 Å². The second kappa shape index (κ2) is 4.81. The minimum absolute atomic E-state index is 0.563. The van der Waals surface area contributed by atoms with Crippen LogP contribution in [0, 0.1) is 5.92 Å². The number of anilines is 1. The molecule has 0 saturated heterocycles. The molecule has 1 atom stereocenters. The maximum absolute atomic E-state index is 5.48. The van der Waals surface area contributed by atoms with E-state index in [9.17, 15) is 0 Å².